The van der Waals surface area contributed by atoms with Crippen LogP contribution in [0.15, 0.2) is 72.5 Å². The van der Waals surface area contributed by atoms with E-state index >= 15 is 0 Å². The van der Waals surface area contributed by atoms with E-state index in [0.717, 1.165) is 33.8 Å². The molecular weight excluding hydrogens is 386 g/mol. The first-order valence-corrected chi connectivity index (χ1v) is 10.8. The van der Waals surface area contributed by atoms with Crippen LogP contribution in [0.2, 0.25) is 0 Å². The molecule has 2 aromatic rings. The third-order valence-electron chi connectivity index (χ3n) is 6.09. The molecule has 0 fully saturated rings. The molecule has 1 heterocycles. The maximum atomic E-state index is 13.4. The van der Waals surface area contributed by atoms with Crippen molar-refractivity contribution in [1.29, 1.82) is 0 Å². The molecule has 1 unspecified atom stereocenters. The number of benzene rings is 2. The molecule has 4 heteroatoms. The first-order chi connectivity index (χ1) is 14.8. The summed E-state index contributed by atoms with van der Waals surface area (Å²) in [5.41, 5.74) is 4.42. The summed E-state index contributed by atoms with van der Waals surface area (Å²) in [6, 6.07) is 15.7. The Bertz CT molecular complexity index is 1040. The SMILES string of the molecule is C=CCOc1ccc(C2CC(=O)N(c3ccc(C)cc3)C3=C2C(=O)CC(C)(C)C3)cc1. The van der Waals surface area contributed by atoms with Gasteiger partial charge in [0.25, 0.3) is 0 Å². The van der Waals surface area contributed by atoms with Gasteiger partial charge in [0, 0.05) is 35.7 Å². The Morgan fingerprint density at radius 1 is 1.06 bits per heavy atom. The van der Waals surface area contributed by atoms with Crippen LogP contribution < -0.4 is 9.64 Å². The van der Waals surface area contributed by atoms with Gasteiger partial charge in [-0.25, -0.2) is 0 Å². The van der Waals surface area contributed by atoms with Crippen LogP contribution in [0.4, 0.5) is 5.69 Å². The van der Waals surface area contributed by atoms with Gasteiger partial charge in [-0.15, -0.1) is 0 Å². The van der Waals surface area contributed by atoms with Crippen LogP contribution in [-0.2, 0) is 9.59 Å². The number of rotatable bonds is 5. The summed E-state index contributed by atoms with van der Waals surface area (Å²) in [5, 5.41) is 0. The Labute approximate surface area is 184 Å². The summed E-state index contributed by atoms with van der Waals surface area (Å²) < 4.78 is 5.59. The maximum absolute atomic E-state index is 13.4. The highest BCUT2D eigenvalue weighted by Gasteiger charge is 2.44. The van der Waals surface area contributed by atoms with Gasteiger partial charge in [-0.3, -0.25) is 14.5 Å². The minimum Gasteiger partial charge on any atom is -0.490 e. The molecule has 2 aliphatic rings. The number of aryl methyl sites for hydroxylation is 1. The van der Waals surface area contributed by atoms with Gasteiger partial charge in [-0.05, 0) is 48.6 Å². The van der Waals surface area contributed by atoms with Crippen molar-refractivity contribution < 1.29 is 14.3 Å². The second-order valence-corrected chi connectivity index (χ2v) is 9.29. The molecule has 0 radical (unpaired) electrons. The van der Waals surface area contributed by atoms with Gasteiger partial charge in [0.2, 0.25) is 5.91 Å². The molecule has 0 bridgehead atoms. The van der Waals surface area contributed by atoms with E-state index in [0.29, 0.717) is 19.4 Å². The minimum atomic E-state index is -0.221. The largest absolute Gasteiger partial charge is 0.490 e. The molecule has 1 aliphatic heterocycles. The molecule has 0 N–H and O–H groups in total. The van der Waals surface area contributed by atoms with E-state index in [4.69, 9.17) is 4.74 Å². The molecule has 2 aromatic carbocycles. The number of Topliss-reactive ketones (excluding diaryl/α,β-unsaturated/α-hetero) is 1. The average molecular weight is 416 g/mol. The van der Waals surface area contributed by atoms with E-state index in [9.17, 15) is 9.59 Å². The number of hydrogen-bond acceptors (Lipinski definition) is 3. The number of ether oxygens (including phenoxy) is 1. The molecule has 0 saturated carbocycles. The van der Waals surface area contributed by atoms with Crippen LogP contribution in [0.25, 0.3) is 0 Å². The first kappa shape index (κ1) is 21.1. The fourth-order valence-corrected chi connectivity index (χ4v) is 4.64. The van der Waals surface area contributed by atoms with E-state index in [2.05, 4.69) is 20.4 Å². The molecule has 0 aromatic heterocycles. The Morgan fingerprint density at radius 3 is 2.39 bits per heavy atom. The van der Waals surface area contributed by atoms with Crippen molar-refractivity contribution in [3.05, 3.63) is 83.6 Å². The number of amides is 1. The topological polar surface area (TPSA) is 46.6 Å². The summed E-state index contributed by atoms with van der Waals surface area (Å²) in [6.07, 6.45) is 3.18. The molecule has 160 valence electrons. The quantitative estimate of drug-likeness (QED) is 0.587. The van der Waals surface area contributed by atoms with Gasteiger partial charge in [0.05, 0.1) is 0 Å². The van der Waals surface area contributed by atoms with Gasteiger partial charge in [-0.1, -0.05) is 56.3 Å². The number of carbonyl (C=O) groups is 2. The van der Waals surface area contributed by atoms with Gasteiger partial charge >= 0.3 is 0 Å². The molecule has 31 heavy (non-hydrogen) atoms. The number of carbonyl (C=O) groups excluding carboxylic acids is 2. The third kappa shape index (κ3) is 4.20. The van der Waals surface area contributed by atoms with Gasteiger partial charge in [-0.2, -0.15) is 0 Å². The van der Waals surface area contributed by atoms with Crippen molar-refractivity contribution in [1.82, 2.24) is 0 Å². The van der Waals surface area contributed by atoms with Crippen LogP contribution in [0.3, 0.4) is 0 Å². The Kier molecular flexibility index (Phi) is 5.57. The van der Waals surface area contributed by atoms with Gasteiger partial charge < -0.3 is 4.74 Å². The van der Waals surface area contributed by atoms with E-state index in [1.165, 1.54) is 0 Å². The van der Waals surface area contributed by atoms with Crippen molar-refractivity contribution in [2.75, 3.05) is 11.5 Å². The molecule has 0 spiro atoms. The Balaban J connectivity index is 1.79. The standard InChI is InChI=1S/C27H29NO3/c1-5-14-31-21-12-8-19(9-13-21)22-15-25(30)28(20-10-6-18(2)7-11-20)23-16-27(3,4)17-24(29)26(22)23/h5-13,22H,1,14-17H2,2-4H3. The highest BCUT2D eigenvalue weighted by molar-refractivity contribution is 6.07. The van der Waals surface area contributed by atoms with E-state index in [-0.39, 0.29) is 29.4 Å². The number of anilines is 1. The van der Waals surface area contributed by atoms with Crippen LogP contribution in [0.1, 0.15) is 50.2 Å². The predicted octanol–water partition coefficient (Wildman–Crippen LogP) is 5.72. The van der Waals surface area contributed by atoms with Crippen molar-refractivity contribution in [3.63, 3.8) is 0 Å². The van der Waals surface area contributed by atoms with E-state index in [1.807, 2.05) is 55.5 Å². The lowest BCUT2D eigenvalue weighted by Gasteiger charge is -2.43. The molecule has 4 rings (SSSR count). The van der Waals surface area contributed by atoms with E-state index in [1.54, 1.807) is 11.0 Å². The summed E-state index contributed by atoms with van der Waals surface area (Å²) in [7, 11) is 0. The fourth-order valence-electron chi connectivity index (χ4n) is 4.64. The molecule has 4 nitrogen and oxygen atoms in total. The lowest BCUT2D eigenvalue weighted by molar-refractivity contribution is -0.121. The minimum absolute atomic E-state index is 0.0325. The molecule has 1 atom stereocenters. The molecular formula is C27H29NO3. The van der Waals surface area contributed by atoms with Crippen molar-refractivity contribution in [2.45, 2.75) is 46.0 Å². The average Bonchev–Trinajstić information content (AvgIpc) is 2.72. The maximum Gasteiger partial charge on any atom is 0.232 e. The normalized spacial score (nSPS) is 20.5. The second-order valence-electron chi connectivity index (χ2n) is 9.29. The number of nitrogens with zero attached hydrogens (tertiary/aromatic N) is 1. The van der Waals surface area contributed by atoms with Crippen LogP contribution in [0.5, 0.6) is 5.75 Å². The zero-order valence-corrected chi connectivity index (χ0v) is 18.5. The first-order valence-electron chi connectivity index (χ1n) is 10.8. The number of ketones is 1. The molecule has 1 amide bonds. The highest BCUT2D eigenvalue weighted by Crippen LogP contribution is 2.48. The molecule has 0 saturated heterocycles. The highest BCUT2D eigenvalue weighted by atomic mass is 16.5. The monoisotopic (exact) mass is 415 g/mol. The smallest absolute Gasteiger partial charge is 0.232 e. The molecule has 1 aliphatic carbocycles. The summed E-state index contributed by atoms with van der Waals surface area (Å²) in [5.74, 6) is 0.705. The zero-order chi connectivity index (χ0) is 22.2. The van der Waals surface area contributed by atoms with Gasteiger partial charge in [0.1, 0.15) is 12.4 Å². The van der Waals surface area contributed by atoms with Crippen molar-refractivity contribution in [2.24, 2.45) is 5.41 Å². The number of allylic oxidation sites excluding steroid dienone is 2. The van der Waals surface area contributed by atoms with Crippen LogP contribution >= 0.6 is 0 Å². The lowest BCUT2D eigenvalue weighted by Crippen LogP contribution is -2.43. The lowest BCUT2D eigenvalue weighted by atomic mass is 9.69. The van der Waals surface area contributed by atoms with Gasteiger partial charge in [0.15, 0.2) is 5.78 Å². The van der Waals surface area contributed by atoms with E-state index < -0.39 is 0 Å². The van der Waals surface area contributed by atoms with Crippen LogP contribution in [0, 0.1) is 12.3 Å². The Hall–Kier alpha value is -3.14. The van der Waals surface area contributed by atoms with Crippen molar-refractivity contribution >= 4 is 17.4 Å². The van der Waals surface area contributed by atoms with Crippen molar-refractivity contribution in [3.8, 4) is 5.75 Å². The number of hydrogen-bond donors (Lipinski definition) is 0. The second kappa shape index (κ2) is 8.18. The summed E-state index contributed by atoms with van der Waals surface area (Å²) in [4.78, 5) is 28.5. The third-order valence-corrected chi connectivity index (χ3v) is 6.09. The zero-order valence-electron chi connectivity index (χ0n) is 18.5. The predicted molar refractivity (Wildman–Crippen MR) is 123 cm³/mol. The summed E-state index contributed by atoms with van der Waals surface area (Å²) in [6.45, 7) is 10.3. The Morgan fingerprint density at radius 2 is 1.74 bits per heavy atom. The van der Waals surface area contributed by atoms with Crippen LogP contribution in [-0.4, -0.2) is 18.3 Å². The fraction of sp³-hybridized carbons (Fsp3) is 0.333. The summed E-state index contributed by atoms with van der Waals surface area (Å²) >= 11 is 0.